The zero-order chi connectivity index (χ0) is 11.1. The highest BCUT2D eigenvalue weighted by Crippen LogP contribution is 2.26. The second-order valence-electron chi connectivity index (χ2n) is 4.97. The van der Waals surface area contributed by atoms with Gasteiger partial charge in [0.25, 0.3) is 0 Å². The number of hydrogen-bond donors (Lipinski definition) is 0. The van der Waals surface area contributed by atoms with Crippen LogP contribution >= 0.6 is 0 Å². The van der Waals surface area contributed by atoms with Crippen LogP contribution in [0, 0.1) is 0 Å². The molecule has 0 saturated carbocycles. The lowest BCUT2D eigenvalue weighted by Gasteiger charge is -2.19. The number of hydrogen-bond acceptors (Lipinski definition) is 1. The van der Waals surface area contributed by atoms with E-state index >= 15 is 0 Å². The van der Waals surface area contributed by atoms with Gasteiger partial charge >= 0.3 is 0 Å². The number of pyridine rings is 1. The van der Waals surface area contributed by atoms with Crippen LogP contribution in [-0.2, 0) is 11.8 Å². The minimum atomic E-state index is 0.152. The highest BCUT2D eigenvalue weighted by Gasteiger charge is 2.18. The summed E-state index contributed by atoms with van der Waals surface area (Å²) >= 11 is 0. The molecule has 0 saturated heterocycles. The van der Waals surface area contributed by atoms with E-state index in [4.69, 9.17) is 0 Å². The summed E-state index contributed by atoms with van der Waals surface area (Å²) in [5.41, 5.74) is 3.83. The maximum Gasteiger partial charge on any atom is 0.140 e. The van der Waals surface area contributed by atoms with Gasteiger partial charge in [-0.1, -0.05) is 33.8 Å². The molecule has 2 nitrogen and oxygen atoms in total. The average Bonchev–Trinajstić information content (AvgIpc) is 2.58. The van der Waals surface area contributed by atoms with Gasteiger partial charge in [-0.2, -0.15) is 0 Å². The highest BCUT2D eigenvalue weighted by atomic mass is 15.0. The standard InChI is InChI=1S/C13H18N2/c1-5-10-9-14-12-11(13(2,3)4)7-6-8-15(10)12/h6-9H,5H2,1-4H3. The molecule has 0 bridgehead atoms. The predicted octanol–water partition coefficient (Wildman–Crippen LogP) is 3.19. The molecule has 0 amide bonds. The zero-order valence-corrected chi connectivity index (χ0v) is 9.91. The van der Waals surface area contributed by atoms with E-state index in [1.807, 2.05) is 6.20 Å². The third-order valence-corrected chi connectivity index (χ3v) is 2.78. The number of fused-ring (bicyclic) bond motifs is 1. The van der Waals surface area contributed by atoms with Gasteiger partial charge in [-0.25, -0.2) is 4.98 Å². The lowest BCUT2D eigenvalue weighted by atomic mass is 9.88. The lowest BCUT2D eigenvalue weighted by molar-refractivity contribution is 0.591. The SMILES string of the molecule is CCc1cnc2c(C(C)(C)C)cccn12. The quantitative estimate of drug-likeness (QED) is 0.694. The van der Waals surface area contributed by atoms with Gasteiger partial charge in [0, 0.05) is 23.7 Å². The van der Waals surface area contributed by atoms with Crippen molar-refractivity contribution in [1.29, 1.82) is 0 Å². The van der Waals surface area contributed by atoms with Crippen LogP contribution < -0.4 is 0 Å². The Bertz CT molecular complexity index is 475. The second-order valence-corrected chi connectivity index (χ2v) is 4.97. The molecule has 15 heavy (non-hydrogen) atoms. The van der Waals surface area contributed by atoms with E-state index in [0.717, 1.165) is 12.1 Å². The van der Waals surface area contributed by atoms with Crippen LogP contribution in [0.15, 0.2) is 24.5 Å². The number of aryl methyl sites for hydroxylation is 1. The van der Waals surface area contributed by atoms with Crippen molar-refractivity contribution in [2.45, 2.75) is 39.5 Å². The number of imidazole rings is 1. The van der Waals surface area contributed by atoms with Crippen molar-refractivity contribution >= 4 is 5.65 Å². The fourth-order valence-electron chi connectivity index (χ4n) is 1.91. The zero-order valence-electron chi connectivity index (χ0n) is 9.91. The molecule has 0 atom stereocenters. The first-order chi connectivity index (χ1) is 7.04. The van der Waals surface area contributed by atoms with E-state index in [1.165, 1.54) is 11.3 Å². The van der Waals surface area contributed by atoms with Gasteiger partial charge in [0.2, 0.25) is 0 Å². The molecule has 0 aliphatic rings. The molecule has 2 aromatic heterocycles. The van der Waals surface area contributed by atoms with E-state index in [9.17, 15) is 0 Å². The van der Waals surface area contributed by atoms with Gasteiger partial charge in [-0.3, -0.25) is 0 Å². The van der Waals surface area contributed by atoms with Crippen molar-refractivity contribution in [2.24, 2.45) is 0 Å². The van der Waals surface area contributed by atoms with Crippen molar-refractivity contribution < 1.29 is 0 Å². The number of rotatable bonds is 1. The van der Waals surface area contributed by atoms with Gasteiger partial charge in [0.15, 0.2) is 0 Å². The molecule has 0 aliphatic carbocycles. The van der Waals surface area contributed by atoms with Crippen molar-refractivity contribution in [2.75, 3.05) is 0 Å². The lowest BCUT2D eigenvalue weighted by Crippen LogP contribution is -2.13. The van der Waals surface area contributed by atoms with Gasteiger partial charge in [-0.05, 0) is 17.9 Å². The Hall–Kier alpha value is -1.31. The van der Waals surface area contributed by atoms with Crippen molar-refractivity contribution in [3.8, 4) is 0 Å². The summed E-state index contributed by atoms with van der Waals surface area (Å²) in [7, 11) is 0. The Morgan fingerprint density at radius 1 is 1.33 bits per heavy atom. The van der Waals surface area contributed by atoms with E-state index in [1.54, 1.807) is 0 Å². The van der Waals surface area contributed by atoms with Crippen molar-refractivity contribution in [3.05, 3.63) is 35.8 Å². The maximum absolute atomic E-state index is 4.52. The number of aromatic nitrogens is 2. The Labute approximate surface area is 91.0 Å². The molecule has 0 aliphatic heterocycles. The van der Waals surface area contributed by atoms with Crippen LogP contribution in [0.1, 0.15) is 39.0 Å². The van der Waals surface area contributed by atoms with Crippen LogP contribution in [0.4, 0.5) is 0 Å². The first kappa shape index (κ1) is 10.2. The third-order valence-electron chi connectivity index (χ3n) is 2.78. The van der Waals surface area contributed by atoms with Gasteiger partial charge < -0.3 is 4.40 Å². The molecule has 0 spiro atoms. The van der Waals surface area contributed by atoms with Gasteiger partial charge in [-0.15, -0.1) is 0 Å². The molecular formula is C13H18N2. The summed E-state index contributed by atoms with van der Waals surface area (Å²) in [6.45, 7) is 8.83. The molecule has 0 unspecified atom stereocenters. The van der Waals surface area contributed by atoms with E-state index in [0.29, 0.717) is 0 Å². The van der Waals surface area contributed by atoms with E-state index in [-0.39, 0.29) is 5.41 Å². The molecule has 2 heteroatoms. The summed E-state index contributed by atoms with van der Waals surface area (Å²) in [6, 6.07) is 4.27. The van der Waals surface area contributed by atoms with Crippen LogP contribution in [0.2, 0.25) is 0 Å². The van der Waals surface area contributed by atoms with Crippen LogP contribution in [0.5, 0.6) is 0 Å². The van der Waals surface area contributed by atoms with Crippen LogP contribution in [0.25, 0.3) is 5.65 Å². The molecular weight excluding hydrogens is 184 g/mol. The van der Waals surface area contributed by atoms with Crippen molar-refractivity contribution in [3.63, 3.8) is 0 Å². The van der Waals surface area contributed by atoms with Crippen LogP contribution in [0.3, 0.4) is 0 Å². The topological polar surface area (TPSA) is 17.3 Å². The summed E-state index contributed by atoms with van der Waals surface area (Å²) < 4.78 is 2.20. The molecule has 0 fully saturated rings. The van der Waals surface area contributed by atoms with E-state index in [2.05, 4.69) is 55.4 Å². The Kier molecular flexibility index (Phi) is 2.29. The second kappa shape index (κ2) is 3.37. The molecule has 0 aromatic carbocycles. The molecule has 0 N–H and O–H groups in total. The maximum atomic E-state index is 4.52. The average molecular weight is 202 g/mol. The Balaban J connectivity index is 2.73. The molecule has 2 rings (SSSR count). The highest BCUT2D eigenvalue weighted by molar-refractivity contribution is 5.52. The normalized spacial score (nSPS) is 12.3. The van der Waals surface area contributed by atoms with Gasteiger partial charge in [0.05, 0.1) is 0 Å². The van der Waals surface area contributed by atoms with E-state index < -0.39 is 0 Å². The Morgan fingerprint density at radius 3 is 2.67 bits per heavy atom. The number of nitrogens with zero attached hydrogens (tertiary/aromatic N) is 2. The minimum absolute atomic E-state index is 0.152. The first-order valence-electron chi connectivity index (χ1n) is 5.49. The largest absolute Gasteiger partial charge is 0.304 e. The molecule has 80 valence electrons. The Morgan fingerprint density at radius 2 is 2.07 bits per heavy atom. The van der Waals surface area contributed by atoms with Crippen LogP contribution in [-0.4, -0.2) is 9.38 Å². The first-order valence-corrected chi connectivity index (χ1v) is 5.49. The fraction of sp³-hybridized carbons (Fsp3) is 0.462. The predicted molar refractivity (Wildman–Crippen MR) is 63.3 cm³/mol. The summed E-state index contributed by atoms with van der Waals surface area (Å²) in [4.78, 5) is 4.52. The fourth-order valence-corrected chi connectivity index (χ4v) is 1.91. The van der Waals surface area contributed by atoms with Crippen molar-refractivity contribution in [1.82, 2.24) is 9.38 Å². The molecule has 2 aromatic rings. The summed E-state index contributed by atoms with van der Waals surface area (Å²) in [6.07, 6.45) is 5.09. The monoisotopic (exact) mass is 202 g/mol. The minimum Gasteiger partial charge on any atom is -0.304 e. The molecule has 0 radical (unpaired) electrons. The summed E-state index contributed by atoms with van der Waals surface area (Å²) in [5.74, 6) is 0. The molecule has 2 heterocycles. The third kappa shape index (κ3) is 1.65. The smallest absolute Gasteiger partial charge is 0.140 e. The summed E-state index contributed by atoms with van der Waals surface area (Å²) in [5, 5.41) is 0. The van der Waals surface area contributed by atoms with Gasteiger partial charge in [0.1, 0.15) is 5.65 Å².